The van der Waals surface area contributed by atoms with Crippen LogP contribution in [0.5, 0.6) is 0 Å². The van der Waals surface area contributed by atoms with Crippen molar-refractivity contribution in [3.05, 3.63) is 34.4 Å². The van der Waals surface area contributed by atoms with Crippen LogP contribution in [0, 0.1) is 6.92 Å². The number of hydrogen-bond donors (Lipinski definition) is 1. The lowest BCUT2D eigenvalue weighted by molar-refractivity contribution is -0.141. The summed E-state index contributed by atoms with van der Waals surface area (Å²) in [4.78, 5) is 12.0. The normalized spacial score (nSPS) is 11.7. The molecular formula is C13H15ClF3N5O. The quantitative estimate of drug-likeness (QED) is 0.843. The van der Waals surface area contributed by atoms with Crippen LogP contribution in [0.1, 0.15) is 28.2 Å². The van der Waals surface area contributed by atoms with Crippen LogP contribution < -0.4 is 5.32 Å². The van der Waals surface area contributed by atoms with Crippen molar-refractivity contribution in [2.45, 2.75) is 26.1 Å². The van der Waals surface area contributed by atoms with Crippen molar-refractivity contribution in [2.75, 3.05) is 6.54 Å². The van der Waals surface area contributed by atoms with E-state index in [1.165, 1.54) is 7.05 Å². The lowest BCUT2D eigenvalue weighted by Crippen LogP contribution is -2.27. The van der Waals surface area contributed by atoms with Gasteiger partial charge in [0.1, 0.15) is 10.7 Å². The fraction of sp³-hybridized carbons (Fsp3) is 0.462. The van der Waals surface area contributed by atoms with Gasteiger partial charge in [0.25, 0.3) is 5.91 Å². The summed E-state index contributed by atoms with van der Waals surface area (Å²) in [7, 11) is 1.24. The van der Waals surface area contributed by atoms with Gasteiger partial charge in [-0.3, -0.25) is 14.2 Å². The number of amides is 1. The van der Waals surface area contributed by atoms with Crippen molar-refractivity contribution in [3.63, 3.8) is 0 Å². The van der Waals surface area contributed by atoms with Crippen LogP contribution in [0.2, 0.25) is 5.02 Å². The van der Waals surface area contributed by atoms with Crippen molar-refractivity contribution >= 4 is 17.5 Å². The third-order valence-electron chi connectivity index (χ3n) is 3.08. The van der Waals surface area contributed by atoms with E-state index in [4.69, 9.17) is 11.6 Å². The lowest BCUT2D eigenvalue weighted by Gasteiger charge is -2.06. The summed E-state index contributed by atoms with van der Waals surface area (Å²) in [6, 6.07) is 0. The van der Waals surface area contributed by atoms with Gasteiger partial charge in [-0.25, -0.2) is 0 Å². The Bertz CT molecular complexity index is 707. The summed E-state index contributed by atoms with van der Waals surface area (Å²) >= 11 is 5.64. The second kappa shape index (κ2) is 6.61. The number of hydrogen-bond acceptors (Lipinski definition) is 3. The predicted octanol–water partition coefficient (Wildman–Crippen LogP) is 2.42. The summed E-state index contributed by atoms with van der Waals surface area (Å²) in [5.41, 5.74) is -0.553. The molecule has 1 amide bonds. The minimum absolute atomic E-state index is 0.278. The maximum absolute atomic E-state index is 12.7. The third kappa shape index (κ3) is 4.04. The molecule has 0 unspecified atom stereocenters. The van der Waals surface area contributed by atoms with Crippen LogP contribution in [-0.4, -0.2) is 32.0 Å². The number of carbonyl (C=O) groups excluding carboxylic acids is 1. The SMILES string of the molecule is Cc1cnn(CCCNC(=O)c2c(Cl)c(C(F)(F)F)nn2C)c1. The smallest absolute Gasteiger partial charge is 0.351 e. The minimum atomic E-state index is -4.70. The third-order valence-corrected chi connectivity index (χ3v) is 3.44. The van der Waals surface area contributed by atoms with E-state index in [9.17, 15) is 18.0 Å². The number of aryl methyl sites for hydroxylation is 3. The lowest BCUT2D eigenvalue weighted by atomic mass is 10.3. The predicted molar refractivity (Wildman–Crippen MR) is 77.1 cm³/mol. The Morgan fingerprint density at radius 3 is 2.65 bits per heavy atom. The van der Waals surface area contributed by atoms with Gasteiger partial charge >= 0.3 is 6.18 Å². The maximum Gasteiger partial charge on any atom is 0.436 e. The van der Waals surface area contributed by atoms with Gasteiger partial charge in [-0.15, -0.1) is 0 Å². The average Bonchev–Trinajstić information content (AvgIpc) is 2.98. The molecule has 0 aliphatic rings. The first kappa shape index (κ1) is 17.3. The van der Waals surface area contributed by atoms with E-state index >= 15 is 0 Å². The van der Waals surface area contributed by atoms with Crippen LogP contribution in [-0.2, 0) is 19.8 Å². The first-order valence-corrected chi connectivity index (χ1v) is 7.15. The molecule has 0 atom stereocenters. The molecule has 0 aliphatic carbocycles. The van der Waals surface area contributed by atoms with Crippen LogP contribution in [0.15, 0.2) is 12.4 Å². The Morgan fingerprint density at radius 1 is 1.43 bits per heavy atom. The minimum Gasteiger partial charge on any atom is -0.351 e. The molecule has 0 fully saturated rings. The highest BCUT2D eigenvalue weighted by Gasteiger charge is 2.39. The molecule has 126 valence electrons. The van der Waals surface area contributed by atoms with Gasteiger partial charge in [-0.05, 0) is 18.9 Å². The molecule has 2 heterocycles. The van der Waals surface area contributed by atoms with Gasteiger partial charge in [0.2, 0.25) is 0 Å². The summed E-state index contributed by atoms with van der Waals surface area (Å²) in [6.45, 7) is 2.77. The molecule has 2 aromatic heterocycles. The number of nitrogens with one attached hydrogen (secondary N) is 1. The van der Waals surface area contributed by atoms with E-state index in [1.807, 2.05) is 13.1 Å². The van der Waals surface area contributed by atoms with Gasteiger partial charge in [0, 0.05) is 26.3 Å². The van der Waals surface area contributed by atoms with Crippen molar-refractivity contribution in [2.24, 2.45) is 7.05 Å². The second-order valence-electron chi connectivity index (χ2n) is 5.02. The molecule has 23 heavy (non-hydrogen) atoms. The van der Waals surface area contributed by atoms with Gasteiger partial charge in [0.05, 0.1) is 6.20 Å². The topological polar surface area (TPSA) is 64.7 Å². The van der Waals surface area contributed by atoms with E-state index in [0.717, 1.165) is 10.2 Å². The Kier molecular flexibility index (Phi) is 4.98. The van der Waals surface area contributed by atoms with Gasteiger partial charge < -0.3 is 5.32 Å². The zero-order valence-corrected chi connectivity index (χ0v) is 13.2. The molecule has 6 nitrogen and oxygen atoms in total. The summed E-state index contributed by atoms with van der Waals surface area (Å²) in [6.07, 6.45) is -0.554. The molecule has 0 saturated heterocycles. The molecular weight excluding hydrogens is 335 g/mol. The highest BCUT2D eigenvalue weighted by Crippen LogP contribution is 2.35. The molecule has 2 aromatic rings. The summed E-state index contributed by atoms with van der Waals surface area (Å²) < 4.78 is 40.7. The Balaban J connectivity index is 1.94. The molecule has 0 aromatic carbocycles. The van der Waals surface area contributed by atoms with Crippen LogP contribution in [0.25, 0.3) is 0 Å². The number of halogens is 4. The molecule has 1 N–H and O–H groups in total. The highest BCUT2D eigenvalue weighted by atomic mass is 35.5. The Labute approximate surface area is 135 Å². The zero-order chi connectivity index (χ0) is 17.2. The van der Waals surface area contributed by atoms with Gasteiger partial charge in [-0.2, -0.15) is 23.4 Å². The number of aromatic nitrogens is 4. The second-order valence-corrected chi connectivity index (χ2v) is 5.40. The molecule has 2 rings (SSSR count). The van der Waals surface area contributed by atoms with Crippen LogP contribution in [0.4, 0.5) is 13.2 Å². The highest BCUT2D eigenvalue weighted by molar-refractivity contribution is 6.34. The first-order valence-electron chi connectivity index (χ1n) is 6.77. The van der Waals surface area contributed by atoms with Crippen molar-refractivity contribution < 1.29 is 18.0 Å². The molecule has 0 radical (unpaired) electrons. The van der Waals surface area contributed by atoms with Gasteiger partial charge in [-0.1, -0.05) is 11.6 Å². The number of carbonyl (C=O) groups is 1. The molecule has 0 spiro atoms. The maximum atomic E-state index is 12.7. The van der Waals surface area contributed by atoms with Crippen LogP contribution >= 0.6 is 11.6 Å². The van der Waals surface area contributed by atoms with E-state index in [2.05, 4.69) is 15.5 Å². The van der Waals surface area contributed by atoms with Crippen LogP contribution in [0.3, 0.4) is 0 Å². The summed E-state index contributed by atoms with van der Waals surface area (Å²) in [5.74, 6) is -0.697. The van der Waals surface area contributed by atoms with E-state index in [1.54, 1.807) is 10.9 Å². The fourth-order valence-corrected chi connectivity index (χ4v) is 2.39. The Morgan fingerprint density at radius 2 is 2.13 bits per heavy atom. The average molecular weight is 350 g/mol. The fourth-order valence-electron chi connectivity index (χ4n) is 2.04. The number of alkyl halides is 3. The van der Waals surface area contributed by atoms with E-state index in [-0.39, 0.29) is 12.2 Å². The molecule has 10 heteroatoms. The monoisotopic (exact) mass is 349 g/mol. The molecule has 0 bridgehead atoms. The van der Waals surface area contributed by atoms with Gasteiger partial charge in [0.15, 0.2) is 5.69 Å². The molecule has 0 aliphatic heterocycles. The first-order chi connectivity index (χ1) is 10.7. The zero-order valence-electron chi connectivity index (χ0n) is 12.5. The summed E-state index contributed by atoms with van der Waals surface area (Å²) in [5, 5.41) is 9.19. The number of nitrogens with zero attached hydrogens (tertiary/aromatic N) is 4. The van der Waals surface area contributed by atoms with Crippen molar-refractivity contribution in [3.8, 4) is 0 Å². The van der Waals surface area contributed by atoms with E-state index in [0.29, 0.717) is 13.0 Å². The molecule has 0 saturated carbocycles. The van der Waals surface area contributed by atoms with E-state index < -0.39 is 22.8 Å². The Hall–Kier alpha value is -2.03. The van der Waals surface area contributed by atoms with Crippen molar-refractivity contribution in [1.29, 1.82) is 0 Å². The van der Waals surface area contributed by atoms with Crippen molar-refractivity contribution in [1.82, 2.24) is 24.9 Å². The largest absolute Gasteiger partial charge is 0.436 e. The number of rotatable bonds is 5. The standard InChI is InChI=1S/C13H15ClF3N5O/c1-8-6-19-22(7-8)5-3-4-18-12(23)10-9(14)11(13(15,16)17)20-21(10)2/h6-7H,3-5H2,1-2H3,(H,18,23).